The van der Waals surface area contributed by atoms with Gasteiger partial charge in [-0.1, -0.05) is 24.9 Å². The van der Waals surface area contributed by atoms with Crippen LogP contribution in [0.15, 0.2) is 10.9 Å². The number of aryl methyl sites for hydroxylation is 1. The van der Waals surface area contributed by atoms with E-state index in [0.717, 1.165) is 6.42 Å². The monoisotopic (exact) mass is 270 g/mol. The Morgan fingerprint density at radius 3 is 2.44 bits per heavy atom. The van der Waals surface area contributed by atoms with E-state index in [1.54, 1.807) is 4.90 Å². The van der Waals surface area contributed by atoms with Gasteiger partial charge in [0.05, 0.1) is 5.02 Å². The number of carbonyl (C=O) groups excluding carboxylic acids is 1. The van der Waals surface area contributed by atoms with Crippen molar-refractivity contribution in [1.82, 2.24) is 9.88 Å². The molecule has 1 aromatic rings. The van der Waals surface area contributed by atoms with Gasteiger partial charge in [-0.25, -0.2) is 0 Å². The number of H-pyrrole nitrogens is 1. The maximum atomic E-state index is 12.1. The maximum Gasteiger partial charge on any atom is 0.261 e. The van der Waals surface area contributed by atoms with Gasteiger partial charge in [-0.15, -0.1) is 0 Å². The van der Waals surface area contributed by atoms with Crippen LogP contribution < -0.4 is 5.56 Å². The Morgan fingerprint density at radius 2 is 1.94 bits per heavy atom. The van der Waals surface area contributed by atoms with E-state index in [0.29, 0.717) is 30.2 Å². The molecular formula is C13H19ClN2O2. The predicted octanol–water partition coefficient (Wildman–Crippen LogP) is 2.46. The standard InChI is InChI=1S/C13H19ClN2O2/c1-4-7-11-10(14)8-9(12(17)15-11)13(18)16(5-2)6-3/h8H,4-7H2,1-3H3,(H,15,17). The molecule has 18 heavy (non-hydrogen) atoms. The molecule has 0 aliphatic carbocycles. The first-order chi connectivity index (χ1) is 8.54. The van der Waals surface area contributed by atoms with Crippen LogP contribution >= 0.6 is 11.6 Å². The van der Waals surface area contributed by atoms with Crippen molar-refractivity contribution < 1.29 is 4.79 Å². The molecule has 0 spiro atoms. The largest absolute Gasteiger partial charge is 0.339 e. The normalized spacial score (nSPS) is 10.4. The first kappa shape index (κ1) is 14.8. The number of hydrogen-bond acceptors (Lipinski definition) is 2. The number of aromatic amines is 1. The van der Waals surface area contributed by atoms with Crippen LogP contribution in [0, 0.1) is 0 Å². The highest BCUT2D eigenvalue weighted by Gasteiger charge is 2.17. The van der Waals surface area contributed by atoms with Gasteiger partial charge in [-0.05, 0) is 26.3 Å². The molecule has 0 saturated carbocycles. The summed E-state index contributed by atoms with van der Waals surface area (Å²) < 4.78 is 0. The van der Waals surface area contributed by atoms with Crippen LogP contribution in [-0.2, 0) is 6.42 Å². The molecule has 0 aliphatic rings. The van der Waals surface area contributed by atoms with Crippen molar-refractivity contribution in [3.8, 4) is 0 Å². The Balaban J connectivity index is 3.15. The molecule has 0 fully saturated rings. The summed E-state index contributed by atoms with van der Waals surface area (Å²) >= 11 is 6.07. The lowest BCUT2D eigenvalue weighted by molar-refractivity contribution is 0.0771. The lowest BCUT2D eigenvalue weighted by Crippen LogP contribution is -2.34. The number of aromatic nitrogens is 1. The summed E-state index contributed by atoms with van der Waals surface area (Å²) in [6.07, 6.45) is 1.59. The van der Waals surface area contributed by atoms with Gasteiger partial charge in [0.15, 0.2) is 0 Å². The number of nitrogens with one attached hydrogen (secondary N) is 1. The van der Waals surface area contributed by atoms with Crippen molar-refractivity contribution in [2.45, 2.75) is 33.6 Å². The van der Waals surface area contributed by atoms with Crippen molar-refractivity contribution in [1.29, 1.82) is 0 Å². The van der Waals surface area contributed by atoms with Crippen LogP contribution in [0.1, 0.15) is 43.2 Å². The van der Waals surface area contributed by atoms with Crippen molar-refractivity contribution in [3.63, 3.8) is 0 Å². The smallest absolute Gasteiger partial charge is 0.261 e. The molecule has 1 amide bonds. The molecule has 4 nitrogen and oxygen atoms in total. The highest BCUT2D eigenvalue weighted by Crippen LogP contribution is 2.15. The fourth-order valence-corrected chi connectivity index (χ4v) is 2.07. The van der Waals surface area contributed by atoms with E-state index < -0.39 is 0 Å². The van der Waals surface area contributed by atoms with E-state index in [9.17, 15) is 9.59 Å². The first-order valence-electron chi connectivity index (χ1n) is 6.26. The lowest BCUT2D eigenvalue weighted by atomic mass is 10.1. The maximum absolute atomic E-state index is 12.1. The van der Waals surface area contributed by atoms with Crippen LogP contribution in [0.2, 0.25) is 5.02 Å². The molecule has 0 unspecified atom stereocenters. The third kappa shape index (κ3) is 3.13. The summed E-state index contributed by atoms with van der Waals surface area (Å²) in [5, 5.41) is 0.451. The van der Waals surface area contributed by atoms with Crippen molar-refractivity contribution in [3.05, 3.63) is 32.7 Å². The topological polar surface area (TPSA) is 53.2 Å². The molecule has 0 aromatic carbocycles. The number of nitrogens with zero attached hydrogens (tertiary/aromatic N) is 1. The van der Waals surface area contributed by atoms with Crippen LogP contribution in [0.25, 0.3) is 0 Å². The highest BCUT2D eigenvalue weighted by atomic mass is 35.5. The molecule has 0 aliphatic heterocycles. The zero-order valence-corrected chi connectivity index (χ0v) is 11.8. The van der Waals surface area contributed by atoms with Gasteiger partial charge in [-0.2, -0.15) is 0 Å². The van der Waals surface area contributed by atoms with E-state index in [1.807, 2.05) is 20.8 Å². The third-order valence-corrected chi connectivity index (χ3v) is 3.19. The van der Waals surface area contributed by atoms with Gasteiger partial charge in [-0.3, -0.25) is 9.59 Å². The van der Waals surface area contributed by atoms with Crippen molar-refractivity contribution in [2.24, 2.45) is 0 Å². The van der Waals surface area contributed by atoms with Crippen molar-refractivity contribution in [2.75, 3.05) is 13.1 Å². The van der Waals surface area contributed by atoms with Crippen LogP contribution in [-0.4, -0.2) is 28.9 Å². The summed E-state index contributed by atoms with van der Waals surface area (Å²) in [5.74, 6) is -0.272. The lowest BCUT2D eigenvalue weighted by Gasteiger charge is -2.18. The van der Waals surface area contributed by atoms with Gasteiger partial charge in [0.1, 0.15) is 5.56 Å². The number of amides is 1. The minimum Gasteiger partial charge on any atom is -0.339 e. The molecule has 100 valence electrons. The second-order valence-corrected chi connectivity index (χ2v) is 4.47. The minimum atomic E-state index is -0.361. The number of carbonyl (C=O) groups is 1. The van der Waals surface area contributed by atoms with E-state index in [4.69, 9.17) is 11.6 Å². The fraction of sp³-hybridized carbons (Fsp3) is 0.538. The fourth-order valence-electron chi connectivity index (χ4n) is 1.82. The molecule has 0 saturated heterocycles. The molecule has 1 heterocycles. The summed E-state index contributed by atoms with van der Waals surface area (Å²) in [7, 11) is 0. The zero-order valence-electron chi connectivity index (χ0n) is 11.0. The second kappa shape index (κ2) is 6.59. The minimum absolute atomic E-state index is 0.114. The van der Waals surface area contributed by atoms with Gasteiger partial charge < -0.3 is 9.88 Å². The second-order valence-electron chi connectivity index (χ2n) is 4.07. The number of halogens is 1. The first-order valence-corrected chi connectivity index (χ1v) is 6.63. The Hall–Kier alpha value is -1.29. The van der Waals surface area contributed by atoms with Crippen LogP contribution in [0.5, 0.6) is 0 Å². The van der Waals surface area contributed by atoms with Crippen LogP contribution in [0.3, 0.4) is 0 Å². The van der Waals surface area contributed by atoms with Gasteiger partial charge in [0.2, 0.25) is 0 Å². The van der Waals surface area contributed by atoms with E-state index >= 15 is 0 Å². The SMILES string of the molecule is CCCc1[nH]c(=O)c(C(=O)N(CC)CC)cc1Cl. The number of pyridine rings is 1. The number of rotatable bonds is 5. The molecule has 1 N–H and O–H groups in total. The van der Waals surface area contributed by atoms with Gasteiger partial charge in [0, 0.05) is 18.8 Å². The van der Waals surface area contributed by atoms with E-state index in [2.05, 4.69) is 4.98 Å². The molecule has 0 bridgehead atoms. The molecule has 5 heteroatoms. The Labute approximate surface area is 112 Å². The van der Waals surface area contributed by atoms with E-state index in [-0.39, 0.29) is 17.0 Å². The molecular weight excluding hydrogens is 252 g/mol. The summed E-state index contributed by atoms with van der Waals surface area (Å²) in [6, 6.07) is 1.48. The average Bonchev–Trinajstić information content (AvgIpc) is 2.35. The quantitative estimate of drug-likeness (QED) is 0.894. The molecule has 1 aromatic heterocycles. The third-order valence-electron chi connectivity index (χ3n) is 2.85. The Bertz CT molecular complexity index is 478. The van der Waals surface area contributed by atoms with Gasteiger partial charge >= 0.3 is 0 Å². The van der Waals surface area contributed by atoms with Crippen LogP contribution in [0.4, 0.5) is 0 Å². The summed E-state index contributed by atoms with van der Waals surface area (Å²) in [6.45, 7) is 6.90. The summed E-state index contributed by atoms with van der Waals surface area (Å²) in [5.41, 5.74) is 0.448. The molecule has 0 radical (unpaired) electrons. The highest BCUT2D eigenvalue weighted by molar-refractivity contribution is 6.31. The Morgan fingerprint density at radius 1 is 1.33 bits per heavy atom. The summed E-state index contributed by atoms with van der Waals surface area (Å²) in [4.78, 5) is 28.3. The Kier molecular flexibility index (Phi) is 5.41. The molecule has 0 atom stereocenters. The van der Waals surface area contributed by atoms with Crippen molar-refractivity contribution >= 4 is 17.5 Å². The number of hydrogen-bond donors (Lipinski definition) is 1. The molecule has 1 rings (SSSR count). The van der Waals surface area contributed by atoms with E-state index in [1.165, 1.54) is 6.07 Å². The van der Waals surface area contributed by atoms with Gasteiger partial charge in [0.25, 0.3) is 11.5 Å². The zero-order chi connectivity index (χ0) is 13.7. The predicted molar refractivity (Wildman–Crippen MR) is 73.3 cm³/mol. The average molecular weight is 271 g/mol.